The van der Waals surface area contributed by atoms with Crippen molar-refractivity contribution in [2.45, 2.75) is 14.8 Å². The summed E-state index contributed by atoms with van der Waals surface area (Å²) < 4.78 is 6.09. The summed E-state index contributed by atoms with van der Waals surface area (Å²) in [5.74, 6) is 0.333. The van der Waals surface area contributed by atoms with E-state index in [0.717, 1.165) is 3.58 Å². The van der Waals surface area contributed by atoms with E-state index in [1.165, 1.54) is 7.11 Å². The second kappa shape index (κ2) is 4.38. The van der Waals surface area contributed by atoms with Gasteiger partial charge < -0.3 is 0 Å². The van der Waals surface area contributed by atoms with Crippen LogP contribution in [0.5, 0.6) is 5.75 Å². The molecule has 1 aromatic carbocycles. The Bertz CT molecular complexity index is 385. The van der Waals surface area contributed by atoms with Crippen molar-refractivity contribution in [1.29, 1.82) is 0 Å². The molecule has 5 heteroatoms. The Hall–Kier alpha value is -0.781. The van der Waals surface area contributed by atoms with Crippen molar-refractivity contribution < 1.29 is 9.66 Å². The number of nitro benzene ring substituents is 1. The van der Waals surface area contributed by atoms with E-state index in [1.807, 2.05) is 6.07 Å². The van der Waals surface area contributed by atoms with Gasteiger partial charge in [-0.25, -0.2) is 0 Å². The second-order valence-electron chi connectivity index (χ2n) is 4.39. The summed E-state index contributed by atoms with van der Waals surface area (Å²) in [7, 11) is 1.45. The van der Waals surface area contributed by atoms with Crippen LogP contribution in [0.2, 0.25) is 14.8 Å². The average molecular weight is 316 g/mol. The van der Waals surface area contributed by atoms with E-state index in [9.17, 15) is 10.1 Å². The van der Waals surface area contributed by atoms with Crippen molar-refractivity contribution in [1.82, 2.24) is 0 Å². The van der Waals surface area contributed by atoms with Crippen molar-refractivity contribution in [2.24, 2.45) is 0 Å². The Balaban J connectivity index is 3.28. The first-order valence-electron chi connectivity index (χ1n) is 4.69. The van der Waals surface area contributed by atoms with Gasteiger partial charge in [-0.1, -0.05) is 0 Å². The summed E-state index contributed by atoms with van der Waals surface area (Å²) >= 11 is -2.23. The molecule has 15 heavy (non-hydrogen) atoms. The fraction of sp³-hybridized carbons (Fsp3) is 0.400. The summed E-state index contributed by atoms with van der Waals surface area (Å²) in [6.07, 6.45) is 0. The van der Waals surface area contributed by atoms with Crippen LogP contribution in [0.3, 0.4) is 0 Å². The van der Waals surface area contributed by atoms with Crippen molar-refractivity contribution in [3.8, 4) is 5.75 Å². The van der Waals surface area contributed by atoms with Gasteiger partial charge in [-0.15, -0.1) is 0 Å². The van der Waals surface area contributed by atoms with E-state index >= 15 is 0 Å². The van der Waals surface area contributed by atoms with Gasteiger partial charge in [0.05, 0.1) is 0 Å². The van der Waals surface area contributed by atoms with Crippen LogP contribution in [0.25, 0.3) is 0 Å². The molecule has 0 amide bonds. The summed E-state index contributed by atoms with van der Waals surface area (Å²) in [6, 6.07) is 5.30. The average Bonchev–Trinajstić information content (AvgIpc) is 2.15. The Morgan fingerprint density at radius 1 is 1.33 bits per heavy atom. The SMILES string of the molecule is COc1cc[c]([Sn]([CH3])([CH3])[CH3])cc1[N+](=O)[O-]. The first kappa shape index (κ1) is 12.3. The third-order valence-corrected chi connectivity index (χ3v) is 8.07. The molecule has 0 aliphatic carbocycles. The van der Waals surface area contributed by atoms with Gasteiger partial charge in [0.25, 0.3) is 0 Å². The predicted molar refractivity (Wildman–Crippen MR) is 62.6 cm³/mol. The number of rotatable bonds is 3. The zero-order chi connectivity index (χ0) is 11.6. The first-order valence-corrected chi connectivity index (χ1v) is 14.7. The van der Waals surface area contributed by atoms with Crippen LogP contribution in [0.4, 0.5) is 5.69 Å². The molecule has 0 radical (unpaired) electrons. The van der Waals surface area contributed by atoms with Crippen LogP contribution in [0.15, 0.2) is 18.2 Å². The minimum atomic E-state index is -2.23. The van der Waals surface area contributed by atoms with Gasteiger partial charge in [0, 0.05) is 0 Å². The molecular weight excluding hydrogens is 301 g/mol. The molecule has 0 aromatic heterocycles. The van der Waals surface area contributed by atoms with Crippen LogP contribution in [-0.4, -0.2) is 30.4 Å². The number of methoxy groups -OCH3 is 1. The topological polar surface area (TPSA) is 52.4 Å². The number of benzene rings is 1. The fourth-order valence-corrected chi connectivity index (χ4v) is 4.59. The number of hydrogen-bond acceptors (Lipinski definition) is 3. The zero-order valence-corrected chi connectivity index (χ0v) is 12.3. The van der Waals surface area contributed by atoms with Crippen LogP contribution < -0.4 is 8.32 Å². The molecule has 0 fully saturated rings. The van der Waals surface area contributed by atoms with Crippen molar-refractivity contribution >= 4 is 27.6 Å². The number of nitro groups is 1. The summed E-state index contributed by atoms with van der Waals surface area (Å²) in [6.45, 7) is 0. The van der Waals surface area contributed by atoms with Crippen LogP contribution >= 0.6 is 0 Å². The third kappa shape index (κ3) is 2.84. The van der Waals surface area contributed by atoms with E-state index in [2.05, 4.69) is 14.8 Å². The molecule has 0 heterocycles. The zero-order valence-electron chi connectivity index (χ0n) is 9.40. The molecule has 0 saturated heterocycles. The van der Waals surface area contributed by atoms with Gasteiger partial charge in [0.2, 0.25) is 0 Å². The molecule has 1 aromatic rings. The van der Waals surface area contributed by atoms with Gasteiger partial charge in [0.1, 0.15) is 0 Å². The maximum atomic E-state index is 10.8. The van der Waals surface area contributed by atoms with Crippen molar-refractivity contribution in [3.63, 3.8) is 0 Å². The third-order valence-electron chi connectivity index (χ3n) is 2.24. The molecule has 0 aliphatic rings. The van der Waals surface area contributed by atoms with Crippen LogP contribution in [0, 0.1) is 10.1 Å². The maximum absolute atomic E-state index is 10.8. The molecule has 0 unspecified atom stereocenters. The summed E-state index contributed by atoms with van der Waals surface area (Å²) in [5.41, 5.74) is 0.0709. The molecular formula is C10H15NO3Sn. The van der Waals surface area contributed by atoms with Crippen molar-refractivity contribution in [3.05, 3.63) is 28.3 Å². The van der Waals surface area contributed by atoms with Gasteiger partial charge in [-0.3, -0.25) is 0 Å². The first-order chi connectivity index (χ1) is 6.86. The van der Waals surface area contributed by atoms with Gasteiger partial charge in [-0.05, 0) is 0 Å². The Morgan fingerprint density at radius 2 is 1.93 bits per heavy atom. The fourth-order valence-electron chi connectivity index (χ4n) is 1.30. The Kier molecular flexibility index (Phi) is 3.59. The number of nitrogens with zero attached hydrogens (tertiary/aromatic N) is 1. The van der Waals surface area contributed by atoms with Crippen molar-refractivity contribution in [2.75, 3.05) is 7.11 Å². The minimum absolute atomic E-state index is 0.0709. The Labute approximate surface area is 93.3 Å². The van der Waals surface area contributed by atoms with E-state index in [1.54, 1.807) is 12.1 Å². The van der Waals surface area contributed by atoms with E-state index < -0.39 is 18.4 Å². The molecule has 82 valence electrons. The number of hydrogen-bond donors (Lipinski definition) is 0. The molecule has 0 bridgehead atoms. The standard InChI is InChI=1S/C7H6NO3.3CH3.Sn/c1-11-7-5-3-2-4-6(7)8(9)10;;;;/h3-5H,1H3;3*1H3;. The van der Waals surface area contributed by atoms with E-state index in [4.69, 9.17) is 4.74 Å². The van der Waals surface area contributed by atoms with Gasteiger partial charge >= 0.3 is 93.3 Å². The molecule has 4 nitrogen and oxygen atoms in total. The number of ether oxygens (including phenoxy) is 1. The molecule has 0 saturated carbocycles. The molecule has 1 rings (SSSR count). The van der Waals surface area contributed by atoms with Gasteiger partial charge in [-0.2, -0.15) is 0 Å². The Morgan fingerprint density at radius 3 is 2.33 bits per heavy atom. The monoisotopic (exact) mass is 317 g/mol. The van der Waals surface area contributed by atoms with E-state index in [0.29, 0.717) is 5.75 Å². The normalized spacial score (nSPS) is 11.2. The van der Waals surface area contributed by atoms with E-state index in [-0.39, 0.29) is 10.6 Å². The predicted octanol–water partition coefficient (Wildman–Crippen LogP) is 2.15. The molecule has 0 spiro atoms. The second-order valence-corrected chi connectivity index (χ2v) is 18.9. The molecule has 0 aliphatic heterocycles. The molecule has 0 N–H and O–H groups in total. The molecule has 0 atom stereocenters. The summed E-state index contributed by atoms with van der Waals surface area (Å²) in [5, 5.41) is 10.8. The van der Waals surface area contributed by atoms with Crippen LogP contribution in [-0.2, 0) is 0 Å². The van der Waals surface area contributed by atoms with Crippen LogP contribution in [0.1, 0.15) is 0 Å². The summed E-state index contributed by atoms with van der Waals surface area (Å²) in [4.78, 5) is 17.1. The van der Waals surface area contributed by atoms with Gasteiger partial charge in [0.15, 0.2) is 0 Å². The quantitative estimate of drug-likeness (QED) is 0.488.